The van der Waals surface area contributed by atoms with Crippen molar-refractivity contribution in [3.05, 3.63) is 60.6 Å². The molecular formula is C23H22N4O3. The number of anilines is 1. The number of nitrogens with one attached hydrogen (secondary N) is 1. The molecule has 0 saturated heterocycles. The van der Waals surface area contributed by atoms with E-state index in [4.69, 9.17) is 14.2 Å². The number of hydrogen-bond acceptors (Lipinski definition) is 6. The maximum atomic E-state index is 5.97. The largest absolute Gasteiger partial charge is 0.490 e. The minimum atomic E-state index is 0.280. The van der Waals surface area contributed by atoms with Gasteiger partial charge in [0.25, 0.3) is 0 Å². The van der Waals surface area contributed by atoms with E-state index in [9.17, 15) is 0 Å². The average molecular weight is 402 g/mol. The molecule has 0 atom stereocenters. The number of rotatable bonds is 6. The monoisotopic (exact) mass is 402 g/mol. The summed E-state index contributed by atoms with van der Waals surface area (Å²) in [5.41, 5.74) is 5.17. The molecule has 1 N–H and O–H groups in total. The molecule has 7 heteroatoms. The van der Waals surface area contributed by atoms with Gasteiger partial charge in [0, 0.05) is 41.6 Å². The normalized spacial score (nSPS) is 12.3. The third-order valence-electron chi connectivity index (χ3n) is 5.28. The maximum Gasteiger partial charge on any atom is 0.231 e. The summed E-state index contributed by atoms with van der Waals surface area (Å²) < 4.78 is 16.8. The second-order valence-electron chi connectivity index (χ2n) is 7.30. The van der Waals surface area contributed by atoms with E-state index in [1.807, 2.05) is 50.5 Å². The van der Waals surface area contributed by atoms with Crippen LogP contribution in [-0.2, 0) is 0 Å². The molecule has 30 heavy (non-hydrogen) atoms. The van der Waals surface area contributed by atoms with Crippen LogP contribution in [0.15, 0.2) is 54.9 Å². The Balaban J connectivity index is 1.25. The number of aromatic nitrogens is 3. The van der Waals surface area contributed by atoms with Crippen molar-refractivity contribution in [1.82, 2.24) is 15.2 Å². The van der Waals surface area contributed by atoms with E-state index in [-0.39, 0.29) is 6.79 Å². The number of benzene rings is 2. The number of pyridine rings is 1. The van der Waals surface area contributed by atoms with E-state index in [2.05, 4.69) is 32.2 Å². The molecular weight excluding hydrogens is 380 g/mol. The number of H-pyrrole nitrogens is 1. The molecule has 4 aromatic rings. The Morgan fingerprint density at radius 2 is 1.93 bits per heavy atom. The molecule has 0 unspecified atom stereocenters. The predicted octanol–water partition coefficient (Wildman–Crippen LogP) is 4.18. The molecule has 152 valence electrons. The molecule has 0 saturated carbocycles. The van der Waals surface area contributed by atoms with Crippen LogP contribution in [0.2, 0.25) is 0 Å². The summed E-state index contributed by atoms with van der Waals surface area (Å²) in [5.74, 6) is 2.31. The second-order valence-corrected chi connectivity index (χ2v) is 7.30. The van der Waals surface area contributed by atoms with Crippen LogP contribution in [0.5, 0.6) is 17.2 Å². The molecule has 3 heterocycles. The van der Waals surface area contributed by atoms with Crippen molar-refractivity contribution in [3.63, 3.8) is 0 Å². The lowest BCUT2D eigenvalue weighted by Crippen LogP contribution is -2.23. The van der Waals surface area contributed by atoms with Crippen molar-refractivity contribution in [2.45, 2.75) is 6.92 Å². The van der Waals surface area contributed by atoms with Crippen LogP contribution >= 0.6 is 0 Å². The molecule has 0 amide bonds. The fraction of sp³-hybridized carbons (Fsp3) is 0.217. The van der Waals surface area contributed by atoms with Crippen LogP contribution in [-0.4, -0.2) is 42.2 Å². The molecule has 0 radical (unpaired) electrons. The molecule has 1 aliphatic heterocycles. The van der Waals surface area contributed by atoms with Crippen LogP contribution in [0, 0.1) is 6.92 Å². The van der Waals surface area contributed by atoms with Gasteiger partial charge in [0.1, 0.15) is 12.4 Å². The molecule has 2 aromatic heterocycles. The molecule has 1 aliphatic rings. The Morgan fingerprint density at radius 1 is 1.03 bits per heavy atom. The molecule has 0 aliphatic carbocycles. The summed E-state index contributed by atoms with van der Waals surface area (Å²) >= 11 is 0. The zero-order valence-electron chi connectivity index (χ0n) is 16.9. The van der Waals surface area contributed by atoms with Gasteiger partial charge in [-0.1, -0.05) is 6.07 Å². The summed E-state index contributed by atoms with van der Waals surface area (Å²) in [5, 5.41) is 8.42. The number of aromatic amines is 1. The van der Waals surface area contributed by atoms with Crippen LogP contribution in [0.3, 0.4) is 0 Å². The van der Waals surface area contributed by atoms with E-state index >= 15 is 0 Å². The van der Waals surface area contributed by atoms with Gasteiger partial charge in [-0.2, -0.15) is 5.10 Å². The van der Waals surface area contributed by atoms with Crippen molar-refractivity contribution >= 4 is 16.6 Å². The number of hydrogen-bond donors (Lipinski definition) is 1. The number of nitrogens with zero attached hydrogens (tertiary/aromatic N) is 3. The van der Waals surface area contributed by atoms with Crippen molar-refractivity contribution in [1.29, 1.82) is 0 Å². The molecule has 5 rings (SSSR count). The number of ether oxygens (including phenoxy) is 3. The third-order valence-corrected chi connectivity index (χ3v) is 5.28. The summed E-state index contributed by atoms with van der Waals surface area (Å²) in [7, 11) is 2.03. The lowest BCUT2D eigenvalue weighted by molar-refractivity contribution is 0.174. The van der Waals surface area contributed by atoms with Gasteiger partial charge in [0.05, 0.1) is 18.3 Å². The Kier molecular flexibility index (Phi) is 4.63. The number of aryl methyl sites for hydroxylation is 1. The highest BCUT2D eigenvalue weighted by atomic mass is 16.7. The van der Waals surface area contributed by atoms with Gasteiger partial charge in [-0.15, -0.1) is 0 Å². The first-order valence-electron chi connectivity index (χ1n) is 9.81. The quantitative estimate of drug-likeness (QED) is 0.522. The lowest BCUT2D eigenvalue weighted by atomic mass is 10.0. The highest BCUT2D eigenvalue weighted by Gasteiger charge is 2.14. The Morgan fingerprint density at radius 3 is 2.87 bits per heavy atom. The van der Waals surface area contributed by atoms with Crippen molar-refractivity contribution in [3.8, 4) is 28.4 Å². The van der Waals surface area contributed by atoms with Gasteiger partial charge in [-0.05, 0) is 42.8 Å². The van der Waals surface area contributed by atoms with Gasteiger partial charge in [0.2, 0.25) is 6.79 Å². The first kappa shape index (κ1) is 18.3. The Labute approximate surface area is 174 Å². The van der Waals surface area contributed by atoms with Crippen LogP contribution in [0.4, 0.5) is 5.69 Å². The van der Waals surface area contributed by atoms with Crippen molar-refractivity contribution in [2.75, 3.05) is 31.9 Å². The smallest absolute Gasteiger partial charge is 0.231 e. The van der Waals surface area contributed by atoms with Crippen LogP contribution in [0.25, 0.3) is 22.0 Å². The summed E-state index contributed by atoms with van der Waals surface area (Å²) in [4.78, 5) is 6.47. The van der Waals surface area contributed by atoms with E-state index in [1.54, 1.807) is 6.20 Å². The van der Waals surface area contributed by atoms with Gasteiger partial charge in [-0.3, -0.25) is 10.1 Å². The molecule has 0 bridgehead atoms. The van der Waals surface area contributed by atoms with Gasteiger partial charge < -0.3 is 19.1 Å². The fourth-order valence-electron chi connectivity index (χ4n) is 3.53. The van der Waals surface area contributed by atoms with Gasteiger partial charge >= 0.3 is 0 Å². The van der Waals surface area contributed by atoms with Crippen molar-refractivity contribution in [2.24, 2.45) is 0 Å². The van der Waals surface area contributed by atoms with Gasteiger partial charge in [0.15, 0.2) is 11.5 Å². The first-order valence-corrected chi connectivity index (χ1v) is 9.81. The molecule has 0 spiro atoms. The summed E-state index contributed by atoms with van der Waals surface area (Å²) in [6.07, 6.45) is 3.59. The molecule has 7 nitrogen and oxygen atoms in total. The molecule has 2 aromatic carbocycles. The first-order chi connectivity index (χ1) is 14.7. The van der Waals surface area contributed by atoms with E-state index < -0.39 is 0 Å². The Bertz CT molecular complexity index is 1200. The minimum absolute atomic E-state index is 0.280. The standard InChI is InChI=1S/C23H22N4O3/c1-15-20-10-16(3-5-21(20)26-25-15)17-9-19(13-24-12-17)28-8-7-27(2)18-4-6-22-23(11-18)30-14-29-22/h3-6,9-13H,7-8,14H2,1-2H3,(H,25,26). The highest BCUT2D eigenvalue weighted by molar-refractivity contribution is 5.86. The second kappa shape index (κ2) is 7.59. The zero-order chi connectivity index (χ0) is 20.5. The van der Waals surface area contributed by atoms with E-state index in [1.165, 1.54) is 0 Å². The minimum Gasteiger partial charge on any atom is -0.490 e. The Hall–Kier alpha value is -3.74. The summed E-state index contributed by atoms with van der Waals surface area (Å²) in [6.45, 7) is 3.57. The highest BCUT2D eigenvalue weighted by Crippen LogP contribution is 2.35. The third kappa shape index (κ3) is 3.50. The number of fused-ring (bicyclic) bond motifs is 2. The molecule has 0 fully saturated rings. The average Bonchev–Trinajstić information content (AvgIpc) is 3.39. The number of likely N-dealkylation sites (N-methyl/N-ethyl adjacent to an activating group) is 1. The SMILES string of the molecule is Cc1[nH]nc2ccc(-c3cncc(OCCN(C)c4ccc5c(c4)OCO5)c3)cc12. The van der Waals surface area contributed by atoms with Crippen LogP contribution in [0.1, 0.15) is 5.69 Å². The zero-order valence-corrected chi connectivity index (χ0v) is 16.9. The topological polar surface area (TPSA) is 72.5 Å². The van der Waals surface area contributed by atoms with Crippen LogP contribution < -0.4 is 19.1 Å². The lowest BCUT2D eigenvalue weighted by Gasteiger charge is -2.19. The van der Waals surface area contributed by atoms with E-state index in [0.29, 0.717) is 6.61 Å². The predicted molar refractivity (Wildman–Crippen MR) is 115 cm³/mol. The summed E-state index contributed by atoms with van der Waals surface area (Å²) in [6, 6.07) is 14.1. The maximum absolute atomic E-state index is 5.97. The van der Waals surface area contributed by atoms with Gasteiger partial charge in [-0.25, -0.2) is 0 Å². The van der Waals surface area contributed by atoms with E-state index in [0.717, 1.165) is 57.2 Å². The fourth-order valence-corrected chi connectivity index (χ4v) is 3.53. The van der Waals surface area contributed by atoms with Crippen molar-refractivity contribution < 1.29 is 14.2 Å².